The Balaban J connectivity index is 1.50. The van der Waals surface area contributed by atoms with E-state index < -0.39 is 6.09 Å². The summed E-state index contributed by atoms with van der Waals surface area (Å²) >= 11 is 0. The molecule has 0 spiro atoms. The van der Waals surface area contributed by atoms with Crippen molar-refractivity contribution in [2.75, 3.05) is 0 Å². The van der Waals surface area contributed by atoms with Crippen molar-refractivity contribution >= 4 is 17.1 Å². The van der Waals surface area contributed by atoms with Crippen LogP contribution < -0.4 is 10.1 Å². The van der Waals surface area contributed by atoms with Gasteiger partial charge in [0, 0.05) is 11.1 Å². The fraction of sp³-hybridized carbons (Fsp3) is 0.190. The number of carbonyl (C=O) groups excluding carboxylic acids is 1. The highest BCUT2D eigenvalue weighted by Gasteiger charge is 2.15. The van der Waals surface area contributed by atoms with Crippen molar-refractivity contribution in [3.05, 3.63) is 54.6 Å². The summed E-state index contributed by atoms with van der Waals surface area (Å²) in [6, 6.07) is 17.0. The highest BCUT2D eigenvalue weighted by atomic mass is 16.6. The van der Waals surface area contributed by atoms with Gasteiger partial charge < -0.3 is 15.0 Å². The molecule has 2 aromatic carbocycles. The van der Waals surface area contributed by atoms with E-state index in [9.17, 15) is 4.79 Å². The van der Waals surface area contributed by atoms with Crippen molar-refractivity contribution in [1.29, 1.82) is 0 Å². The molecule has 0 saturated carbocycles. The molecule has 7 heteroatoms. The van der Waals surface area contributed by atoms with E-state index in [1.165, 1.54) is 0 Å². The zero-order valence-electron chi connectivity index (χ0n) is 15.9. The van der Waals surface area contributed by atoms with Gasteiger partial charge in [-0.2, -0.15) is 5.10 Å². The van der Waals surface area contributed by atoms with Crippen LogP contribution in [-0.2, 0) is 0 Å². The van der Waals surface area contributed by atoms with Gasteiger partial charge in [0.2, 0.25) is 0 Å². The topological polar surface area (TPSA) is 95.7 Å². The van der Waals surface area contributed by atoms with Gasteiger partial charge in [0.25, 0.3) is 0 Å². The molecular formula is C21H21N5O2. The van der Waals surface area contributed by atoms with Crippen molar-refractivity contribution < 1.29 is 9.53 Å². The highest BCUT2D eigenvalue weighted by molar-refractivity contribution is 5.79. The number of rotatable bonds is 3. The van der Waals surface area contributed by atoms with Crippen LogP contribution in [0.3, 0.4) is 0 Å². The first-order valence-corrected chi connectivity index (χ1v) is 8.98. The number of amides is 1. The molecule has 4 rings (SSSR count). The van der Waals surface area contributed by atoms with E-state index in [-0.39, 0.29) is 5.54 Å². The van der Waals surface area contributed by atoms with Crippen LogP contribution in [0.25, 0.3) is 33.8 Å². The lowest BCUT2D eigenvalue weighted by atomic mass is 10.1. The molecule has 28 heavy (non-hydrogen) atoms. The van der Waals surface area contributed by atoms with Gasteiger partial charge in [0.05, 0.1) is 16.7 Å². The molecule has 0 saturated heterocycles. The molecule has 0 radical (unpaired) electrons. The maximum atomic E-state index is 11.9. The molecule has 142 valence electrons. The summed E-state index contributed by atoms with van der Waals surface area (Å²) in [4.78, 5) is 19.7. The second-order valence-corrected chi connectivity index (χ2v) is 7.56. The minimum absolute atomic E-state index is 0.348. The fourth-order valence-corrected chi connectivity index (χ4v) is 2.80. The number of benzene rings is 2. The number of ether oxygens (including phenoxy) is 1. The highest BCUT2D eigenvalue weighted by Crippen LogP contribution is 2.25. The first kappa shape index (κ1) is 17.8. The molecule has 2 aromatic heterocycles. The smallest absolute Gasteiger partial charge is 0.410 e. The maximum Gasteiger partial charge on any atom is 0.413 e. The number of aromatic nitrogens is 4. The largest absolute Gasteiger partial charge is 0.413 e. The Morgan fingerprint density at radius 1 is 1.07 bits per heavy atom. The third-order valence-corrected chi connectivity index (χ3v) is 4.06. The van der Waals surface area contributed by atoms with Crippen LogP contribution in [0.1, 0.15) is 20.8 Å². The zero-order chi connectivity index (χ0) is 19.7. The summed E-state index contributed by atoms with van der Waals surface area (Å²) in [7, 11) is 0. The molecule has 0 unspecified atom stereocenters. The van der Waals surface area contributed by atoms with Gasteiger partial charge in [-0.15, -0.1) is 0 Å². The van der Waals surface area contributed by atoms with Crippen molar-refractivity contribution in [2.24, 2.45) is 0 Å². The summed E-state index contributed by atoms with van der Waals surface area (Å²) in [5, 5.41) is 10.1. The Morgan fingerprint density at radius 3 is 2.54 bits per heavy atom. The van der Waals surface area contributed by atoms with Crippen molar-refractivity contribution in [1.82, 2.24) is 25.5 Å². The Labute approximate surface area is 162 Å². The van der Waals surface area contributed by atoms with Crippen molar-refractivity contribution in [2.45, 2.75) is 26.3 Å². The normalized spacial score (nSPS) is 11.5. The third-order valence-electron chi connectivity index (χ3n) is 4.06. The molecule has 3 N–H and O–H groups in total. The van der Waals surface area contributed by atoms with E-state index in [1.54, 1.807) is 12.1 Å². The van der Waals surface area contributed by atoms with E-state index in [0.29, 0.717) is 5.75 Å². The van der Waals surface area contributed by atoms with Gasteiger partial charge in [-0.3, -0.25) is 5.10 Å². The number of nitrogens with zero attached hydrogens (tertiary/aromatic N) is 2. The van der Waals surface area contributed by atoms with E-state index in [1.807, 2.05) is 63.2 Å². The zero-order valence-corrected chi connectivity index (χ0v) is 15.9. The number of imidazole rings is 1. The van der Waals surface area contributed by atoms with E-state index in [2.05, 4.69) is 25.5 Å². The number of hydrogen-bond donors (Lipinski definition) is 3. The Hall–Kier alpha value is -3.61. The van der Waals surface area contributed by atoms with Crippen LogP contribution >= 0.6 is 0 Å². The van der Waals surface area contributed by atoms with Gasteiger partial charge in [0.1, 0.15) is 11.4 Å². The Morgan fingerprint density at radius 2 is 1.82 bits per heavy atom. The Bertz CT molecular complexity index is 1090. The second-order valence-electron chi connectivity index (χ2n) is 7.56. The van der Waals surface area contributed by atoms with Gasteiger partial charge in [-0.1, -0.05) is 12.1 Å². The van der Waals surface area contributed by atoms with Crippen LogP contribution in [0.2, 0.25) is 0 Å². The lowest BCUT2D eigenvalue weighted by molar-refractivity contribution is 0.190. The fourth-order valence-electron chi connectivity index (χ4n) is 2.80. The van der Waals surface area contributed by atoms with Crippen LogP contribution in [0.15, 0.2) is 54.6 Å². The van der Waals surface area contributed by atoms with E-state index >= 15 is 0 Å². The standard InChI is InChI=1S/C21H21N5O2/c1-21(2,3)24-20(27)28-14-10-8-13(9-11-14)17-12-18(26-25-17)19-22-15-6-4-5-7-16(15)23-19/h4-12H,1-3H3,(H,22,23)(H,24,27)(H,25,26). The van der Waals surface area contributed by atoms with Crippen molar-refractivity contribution in [3.8, 4) is 28.5 Å². The summed E-state index contributed by atoms with van der Waals surface area (Å²) in [5.74, 6) is 1.21. The van der Waals surface area contributed by atoms with Crippen LogP contribution in [0.4, 0.5) is 4.79 Å². The molecule has 0 atom stereocenters. The van der Waals surface area contributed by atoms with Crippen LogP contribution in [0.5, 0.6) is 5.75 Å². The molecule has 2 heterocycles. The average Bonchev–Trinajstić information content (AvgIpc) is 3.27. The average molecular weight is 375 g/mol. The predicted molar refractivity (Wildman–Crippen MR) is 108 cm³/mol. The molecular weight excluding hydrogens is 354 g/mol. The van der Waals surface area contributed by atoms with Gasteiger partial charge in [0.15, 0.2) is 5.82 Å². The first-order valence-electron chi connectivity index (χ1n) is 8.98. The third kappa shape index (κ3) is 3.88. The number of nitrogens with one attached hydrogen (secondary N) is 3. The summed E-state index contributed by atoms with van der Waals surface area (Å²) in [6.07, 6.45) is -0.479. The predicted octanol–water partition coefficient (Wildman–Crippen LogP) is 4.51. The van der Waals surface area contributed by atoms with E-state index in [4.69, 9.17) is 4.74 Å². The lowest BCUT2D eigenvalue weighted by Crippen LogP contribution is -2.42. The molecule has 0 aliphatic heterocycles. The van der Waals surface area contributed by atoms with E-state index in [0.717, 1.165) is 33.8 Å². The number of aromatic amines is 2. The second kappa shape index (κ2) is 6.84. The summed E-state index contributed by atoms with van der Waals surface area (Å²) in [5.41, 5.74) is 4.02. The van der Waals surface area contributed by atoms with Crippen LogP contribution in [-0.4, -0.2) is 31.8 Å². The number of H-pyrrole nitrogens is 2. The lowest BCUT2D eigenvalue weighted by Gasteiger charge is -2.19. The number of carbonyl (C=O) groups is 1. The molecule has 7 nitrogen and oxygen atoms in total. The molecule has 0 aliphatic carbocycles. The Kier molecular flexibility index (Phi) is 4.35. The van der Waals surface area contributed by atoms with Gasteiger partial charge in [-0.25, -0.2) is 9.78 Å². The van der Waals surface area contributed by atoms with Gasteiger partial charge in [-0.05, 0) is 63.2 Å². The summed E-state index contributed by atoms with van der Waals surface area (Å²) < 4.78 is 5.30. The molecule has 1 amide bonds. The summed E-state index contributed by atoms with van der Waals surface area (Å²) in [6.45, 7) is 5.69. The molecule has 0 aliphatic rings. The first-order chi connectivity index (χ1) is 13.4. The number of para-hydroxylation sites is 2. The molecule has 4 aromatic rings. The van der Waals surface area contributed by atoms with Crippen LogP contribution in [0, 0.1) is 0 Å². The quantitative estimate of drug-likeness (QED) is 0.491. The molecule has 0 bridgehead atoms. The SMILES string of the molecule is CC(C)(C)NC(=O)Oc1ccc(-c2cc(-c3nc4ccccc4[nH]3)[nH]n2)cc1. The minimum atomic E-state index is -0.479. The monoisotopic (exact) mass is 375 g/mol. The maximum absolute atomic E-state index is 11.9. The minimum Gasteiger partial charge on any atom is -0.410 e. The van der Waals surface area contributed by atoms with Gasteiger partial charge >= 0.3 is 6.09 Å². The molecule has 0 fully saturated rings. The number of fused-ring (bicyclic) bond motifs is 1. The number of hydrogen-bond acceptors (Lipinski definition) is 4. The van der Waals surface area contributed by atoms with Crippen molar-refractivity contribution in [3.63, 3.8) is 0 Å².